The topological polar surface area (TPSA) is 68.2 Å². The maximum absolute atomic E-state index is 11.9. The van der Waals surface area contributed by atoms with Crippen molar-refractivity contribution in [1.29, 1.82) is 0 Å². The van der Waals surface area contributed by atoms with Crippen molar-refractivity contribution in [3.8, 4) is 5.75 Å². The molecule has 1 aromatic carbocycles. The third kappa shape index (κ3) is 3.03. The van der Waals surface area contributed by atoms with Gasteiger partial charge < -0.3 is 15.5 Å². The zero-order chi connectivity index (χ0) is 14.0. The molecule has 0 bridgehead atoms. The van der Waals surface area contributed by atoms with E-state index in [4.69, 9.17) is 0 Å². The van der Waals surface area contributed by atoms with Crippen molar-refractivity contribution < 1.29 is 29.1 Å². The molecule has 2 aromatic rings. The molecule has 0 saturated heterocycles. The van der Waals surface area contributed by atoms with E-state index in [1.165, 1.54) is 6.07 Å². The standard InChI is InChI=1S/C16H14N2O2.Li/c19-14-8-2-1-6-12(14)13-7-5-10-16(20,18-13)15-9-3-4-11-17-15;/h1-11,18-20H;/q;+1/p-1. The molecular weight excluding hydrogens is 259 g/mol. The molecule has 100 valence electrons. The molecule has 21 heavy (non-hydrogen) atoms. The monoisotopic (exact) mass is 272 g/mol. The number of pyridine rings is 1. The molecule has 1 atom stereocenters. The van der Waals surface area contributed by atoms with E-state index >= 15 is 0 Å². The number of benzene rings is 1. The first kappa shape index (κ1) is 15.4. The average Bonchev–Trinajstić information content (AvgIpc) is 2.49. The van der Waals surface area contributed by atoms with Crippen LogP contribution >= 0.6 is 0 Å². The Morgan fingerprint density at radius 1 is 1.10 bits per heavy atom. The van der Waals surface area contributed by atoms with Crippen LogP contribution in [0.2, 0.25) is 0 Å². The minimum Gasteiger partial charge on any atom is -0.872 e. The number of para-hydroxylation sites is 1. The van der Waals surface area contributed by atoms with Crippen LogP contribution < -0.4 is 29.3 Å². The normalized spacial score (nSPS) is 20.1. The fraction of sp³-hybridized carbons (Fsp3) is 0.0625. The molecule has 3 rings (SSSR count). The SMILES string of the molecule is [Li+].[O-]c1ccccc1C1=CC=CC(O)(c2ccccn2)N1. The maximum Gasteiger partial charge on any atom is 1.00 e. The summed E-state index contributed by atoms with van der Waals surface area (Å²) in [5.74, 6) is -0.0927. The van der Waals surface area contributed by atoms with E-state index in [1.54, 1.807) is 60.8 Å². The Morgan fingerprint density at radius 3 is 2.57 bits per heavy atom. The third-order valence-electron chi connectivity index (χ3n) is 3.16. The molecule has 1 aliphatic rings. The smallest absolute Gasteiger partial charge is 0.872 e. The van der Waals surface area contributed by atoms with Crippen LogP contribution in [0.4, 0.5) is 0 Å². The number of nitrogens with zero attached hydrogens (tertiary/aromatic N) is 1. The molecule has 1 unspecified atom stereocenters. The summed E-state index contributed by atoms with van der Waals surface area (Å²) in [6.07, 6.45) is 6.69. The van der Waals surface area contributed by atoms with Gasteiger partial charge in [-0.05, 0) is 29.8 Å². The minimum atomic E-state index is -1.41. The van der Waals surface area contributed by atoms with Gasteiger partial charge in [-0.15, -0.1) is 0 Å². The predicted molar refractivity (Wildman–Crippen MR) is 74.3 cm³/mol. The second kappa shape index (κ2) is 6.19. The molecule has 1 aromatic heterocycles. The van der Waals surface area contributed by atoms with Crippen LogP contribution in [0.3, 0.4) is 0 Å². The summed E-state index contributed by atoms with van der Waals surface area (Å²) in [7, 11) is 0. The van der Waals surface area contributed by atoms with Crippen molar-refractivity contribution >= 4 is 5.70 Å². The summed E-state index contributed by atoms with van der Waals surface area (Å²) in [6.45, 7) is 0. The van der Waals surface area contributed by atoms with Crippen molar-refractivity contribution in [2.75, 3.05) is 0 Å². The Bertz CT molecular complexity index is 686. The summed E-state index contributed by atoms with van der Waals surface area (Å²) >= 11 is 0. The number of aliphatic hydroxyl groups is 1. The molecule has 0 fully saturated rings. The molecular formula is C16H13LiN2O2. The molecule has 0 aliphatic carbocycles. The Kier molecular flexibility index (Phi) is 4.54. The second-order valence-corrected chi connectivity index (χ2v) is 4.54. The van der Waals surface area contributed by atoms with Crippen LogP contribution in [-0.2, 0) is 5.72 Å². The number of aromatic nitrogens is 1. The van der Waals surface area contributed by atoms with Gasteiger partial charge in [0.05, 0.1) is 5.69 Å². The number of nitrogens with one attached hydrogen (secondary N) is 1. The van der Waals surface area contributed by atoms with Gasteiger partial charge in [-0.3, -0.25) is 4.98 Å². The van der Waals surface area contributed by atoms with Gasteiger partial charge in [0, 0.05) is 11.9 Å². The molecule has 2 heterocycles. The van der Waals surface area contributed by atoms with E-state index in [2.05, 4.69) is 10.3 Å². The second-order valence-electron chi connectivity index (χ2n) is 4.54. The van der Waals surface area contributed by atoms with Crippen molar-refractivity contribution in [2.45, 2.75) is 5.72 Å². The van der Waals surface area contributed by atoms with Gasteiger partial charge in [0.25, 0.3) is 0 Å². The van der Waals surface area contributed by atoms with E-state index in [1.807, 2.05) is 0 Å². The molecule has 2 N–H and O–H groups in total. The molecule has 0 saturated carbocycles. The number of hydrogen-bond acceptors (Lipinski definition) is 4. The number of allylic oxidation sites excluding steroid dienone is 2. The van der Waals surface area contributed by atoms with E-state index in [0.717, 1.165) is 0 Å². The fourth-order valence-electron chi connectivity index (χ4n) is 2.16. The number of hydrogen-bond donors (Lipinski definition) is 2. The van der Waals surface area contributed by atoms with Gasteiger partial charge in [0.2, 0.25) is 0 Å². The summed E-state index contributed by atoms with van der Waals surface area (Å²) in [6, 6.07) is 12.0. The Morgan fingerprint density at radius 2 is 1.86 bits per heavy atom. The van der Waals surface area contributed by atoms with Crippen LogP contribution in [0.15, 0.2) is 66.9 Å². The first-order valence-corrected chi connectivity index (χ1v) is 6.27. The predicted octanol–water partition coefficient (Wildman–Crippen LogP) is -1.50. The molecule has 5 heteroatoms. The van der Waals surface area contributed by atoms with E-state index < -0.39 is 5.72 Å². The Balaban J connectivity index is 0.00000161. The van der Waals surface area contributed by atoms with Gasteiger partial charge in [0.15, 0.2) is 5.72 Å². The number of dihydropyridines is 1. The van der Waals surface area contributed by atoms with Gasteiger partial charge >= 0.3 is 18.9 Å². The maximum atomic E-state index is 11.9. The Labute approximate surface area is 135 Å². The summed E-state index contributed by atoms with van der Waals surface area (Å²) in [4.78, 5) is 4.16. The first-order chi connectivity index (χ1) is 9.69. The van der Waals surface area contributed by atoms with E-state index in [-0.39, 0.29) is 24.6 Å². The van der Waals surface area contributed by atoms with Gasteiger partial charge in [-0.25, -0.2) is 0 Å². The first-order valence-electron chi connectivity index (χ1n) is 6.27. The Hall–Kier alpha value is -1.99. The van der Waals surface area contributed by atoms with Crippen molar-refractivity contribution in [2.24, 2.45) is 0 Å². The summed E-state index contributed by atoms with van der Waals surface area (Å²) in [5, 5.41) is 25.5. The molecule has 1 aliphatic heterocycles. The van der Waals surface area contributed by atoms with Crippen molar-refractivity contribution in [3.05, 3.63) is 78.1 Å². The van der Waals surface area contributed by atoms with E-state index in [9.17, 15) is 10.2 Å². The van der Waals surface area contributed by atoms with Crippen molar-refractivity contribution in [3.63, 3.8) is 0 Å². The van der Waals surface area contributed by atoms with E-state index in [0.29, 0.717) is 17.0 Å². The van der Waals surface area contributed by atoms with Crippen LogP contribution in [0.5, 0.6) is 5.75 Å². The van der Waals surface area contributed by atoms with Gasteiger partial charge in [-0.2, -0.15) is 0 Å². The quantitative estimate of drug-likeness (QED) is 0.653. The zero-order valence-corrected chi connectivity index (χ0v) is 11.7. The van der Waals surface area contributed by atoms with Crippen LogP contribution in [0.25, 0.3) is 5.70 Å². The summed E-state index contributed by atoms with van der Waals surface area (Å²) < 4.78 is 0. The number of rotatable bonds is 2. The third-order valence-corrected chi connectivity index (χ3v) is 3.16. The van der Waals surface area contributed by atoms with Gasteiger partial charge in [0.1, 0.15) is 0 Å². The molecule has 0 spiro atoms. The molecule has 0 amide bonds. The molecule has 0 radical (unpaired) electrons. The summed E-state index contributed by atoms with van der Waals surface area (Å²) in [5.41, 5.74) is 0.163. The van der Waals surface area contributed by atoms with Crippen LogP contribution in [0.1, 0.15) is 11.3 Å². The van der Waals surface area contributed by atoms with Crippen LogP contribution in [-0.4, -0.2) is 10.1 Å². The van der Waals surface area contributed by atoms with Crippen LogP contribution in [0, 0.1) is 0 Å². The zero-order valence-electron chi connectivity index (χ0n) is 11.7. The minimum absolute atomic E-state index is 0. The van der Waals surface area contributed by atoms with Gasteiger partial charge in [-0.1, -0.05) is 42.2 Å². The fourth-order valence-corrected chi connectivity index (χ4v) is 2.16. The molecule has 4 nitrogen and oxygen atoms in total. The van der Waals surface area contributed by atoms with Crippen molar-refractivity contribution in [1.82, 2.24) is 10.3 Å². The largest absolute Gasteiger partial charge is 1.00 e. The average molecular weight is 272 g/mol.